The van der Waals surface area contributed by atoms with Crippen LogP contribution in [0, 0.1) is 13.8 Å². The molecule has 0 saturated carbocycles. The van der Waals surface area contributed by atoms with E-state index in [-0.39, 0.29) is 0 Å². The second-order valence-corrected chi connectivity index (χ2v) is 5.18. The Balaban J connectivity index is 1.75. The van der Waals surface area contributed by atoms with Gasteiger partial charge in [-0.3, -0.25) is 9.59 Å². The minimum absolute atomic E-state index is 0.442. The summed E-state index contributed by atoms with van der Waals surface area (Å²) < 4.78 is 1.92. The van der Waals surface area contributed by atoms with Gasteiger partial charge in [-0.1, -0.05) is 17.7 Å². The largest absolute Gasteiger partial charge is 0.348 e. The van der Waals surface area contributed by atoms with Gasteiger partial charge in [0.1, 0.15) is 0 Å². The van der Waals surface area contributed by atoms with E-state index in [1.807, 2.05) is 36.7 Å². The van der Waals surface area contributed by atoms with E-state index in [1.165, 1.54) is 0 Å². The van der Waals surface area contributed by atoms with Crippen LogP contribution < -0.4 is 10.6 Å². The number of hydrogen-bond donors (Lipinski definition) is 2. The molecular weight excluding hydrogens is 280 g/mol. The number of amides is 2. The summed E-state index contributed by atoms with van der Waals surface area (Å²) in [6, 6.07) is 5.65. The Labute approximate surface area is 129 Å². The first-order valence-corrected chi connectivity index (χ1v) is 7.18. The molecule has 0 aliphatic carbocycles. The number of aryl methyl sites for hydroxylation is 3. The number of anilines is 1. The van der Waals surface area contributed by atoms with Crippen molar-refractivity contribution in [2.75, 3.05) is 11.9 Å². The van der Waals surface area contributed by atoms with E-state index in [1.54, 1.807) is 18.6 Å². The van der Waals surface area contributed by atoms with Crippen molar-refractivity contribution >= 4 is 17.5 Å². The average molecular weight is 300 g/mol. The lowest BCUT2D eigenvalue weighted by Gasteiger charge is -2.09. The highest BCUT2D eigenvalue weighted by molar-refractivity contribution is 6.39. The lowest BCUT2D eigenvalue weighted by atomic mass is 10.1. The van der Waals surface area contributed by atoms with Gasteiger partial charge in [-0.05, 0) is 31.9 Å². The number of nitrogens with zero attached hydrogens (tertiary/aromatic N) is 2. The molecule has 0 radical (unpaired) electrons. The molecule has 6 heteroatoms. The summed E-state index contributed by atoms with van der Waals surface area (Å²) in [6.07, 6.45) is 6.01. The smallest absolute Gasteiger partial charge is 0.313 e. The summed E-state index contributed by atoms with van der Waals surface area (Å²) >= 11 is 0. The fourth-order valence-corrected chi connectivity index (χ4v) is 2.10. The van der Waals surface area contributed by atoms with Crippen molar-refractivity contribution in [1.82, 2.24) is 14.9 Å². The molecule has 2 N–H and O–H groups in total. The molecule has 0 bridgehead atoms. The van der Waals surface area contributed by atoms with Gasteiger partial charge < -0.3 is 15.2 Å². The summed E-state index contributed by atoms with van der Waals surface area (Å²) in [5.41, 5.74) is 2.70. The van der Waals surface area contributed by atoms with Gasteiger partial charge in [-0.15, -0.1) is 0 Å². The van der Waals surface area contributed by atoms with Crippen molar-refractivity contribution in [3.05, 3.63) is 48.0 Å². The third kappa shape index (κ3) is 4.44. The standard InChI is InChI=1S/C16H20N4O2/c1-12-4-5-14(13(2)10-12)19-16(22)15(21)18-6-3-8-20-9-7-17-11-20/h4-5,7,9-11H,3,6,8H2,1-2H3,(H,18,21)(H,19,22). The summed E-state index contributed by atoms with van der Waals surface area (Å²) in [6.45, 7) is 5.06. The van der Waals surface area contributed by atoms with Crippen molar-refractivity contribution in [3.8, 4) is 0 Å². The van der Waals surface area contributed by atoms with Crippen LogP contribution in [-0.2, 0) is 16.1 Å². The molecular formula is C16H20N4O2. The zero-order chi connectivity index (χ0) is 15.9. The van der Waals surface area contributed by atoms with Crippen molar-refractivity contribution in [2.24, 2.45) is 0 Å². The highest BCUT2D eigenvalue weighted by atomic mass is 16.2. The third-order valence-corrected chi connectivity index (χ3v) is 3.27. The van der Waals surface area contributed by atoms with Crippen molar-refractivity contribution in [1.29, 1.82) is 0 Å². The lowest BCUT2D eigenvalue weighted by molar-refractivity contribution is -0.136. The lowest BCUT2D eigenvalue weighted by Crippen LogP contribution is -2.36. The molecule has 2 amide bonds. The van der Waals surface area contributed by atoms with E-state index >= 15 is 0 Å². The molecule has 0 fully saturated rings. The summed E-state index contributed by atoms with van der Waals surface area (Å²) in [5, 5.41) is 5.24. The highest BCUT2D eigenvalue weighted by Crippen LogP contribution is 2.15. The van der Waals surface area contributed by atoms with E-state index in [9.17, 15) is 9.59 Å². The highest BCUT2D eigenvalue weighted by Gasteiger charge is 2.13. The molecule has 1 heterocycles. The minimum Gasteiger partial charge on any atom is -0.348 e. The summed E-state index contributed by atoms with van der Waals surface area (Å²) in [5.74, 6) is -1.26. The van der Waals surface area contributed by atoms with Crippen LogP contribution >= 0.6 is 0 Å². The maximum absolute atomic E-state index is 11.8. The van der Waals surface area contributed by atoms with E-state index < -0.39 is 11.8 Å². The van der Waals surface area contributed by atoms with Gasteiger partial charge in [0.2, 0.25) is 0 Å². The zero-order valence-corrected chi connectivity index (χ0v) is 12.8. The topological polar surface area (TPSA) is 76.0 Å². The van der Waals surface area contributed by atoms with Crippen LogP contribution in [0.3, 0.4) is 0 Å². The Kier molecular flexibility index (Phi) is 5.30. The minimum atomic E-state index is -0.644. The molecule has 2 aromatic rings. The second-order valence-electron chi connectivity index (χ2n) is 5.18. The average Bonchev–Trinajstić information content (AvgIpc) is 2.99. The molecule has 116 valence electrons. The monoisotopic (exact) mass is 300 g/mol. The molecule has 0 unspecified atom stereocenters. The number of imidazole rings is 1. The fourth-order valence-electron chi connectivity index (χ4n) is 2.10. The molecule has 0 saturated heterocycles. The Bertz CT molecular complexity index is 650. The van der Waals surface area contributed by atoms with Crippen molar-refractivity contribution in [3.63, 3.8) is 0 Å². The molecule has 6 nitrogen and oxygen atoms in total. The van der Waals surface area contributed by atoms with Crippen LogP contribution in [0.1, 0.15) is 17.5 Å². The maximum atomic E-state index is 11.8. The Morgan fingerprint density at radius 1 is 1.23 bits per heavy atom. The number of rotatable bonds is 5. The first-order valence-electron chi connectivity index (χ1n) is 7.18. The normalized spacial score (nSPS) is 10.3. The van der Waals surface area contributed by atoms with Gasteiger partial charge in [-0.25, -0.2) is 4.98 Å². The number of carbonyl (C=O) groups is 2. The third-order valence-electron chi connectivity index (χ3n) is 3.27. The number of hydrogen-bond acceptors (Lipinski definition) is 3. The molecule has 0 aliphatic heterocycles. The van der Waals surface area contributed by atoms with Crippen molar-refractivity contribution < 1.29 is 9.59 Å². The van der Waals surface area contributed by atoms with E-state index in [0.717, 1.165) is 24.1 Å². The van der Waals surface area contributed by atoms with E-state index in [2.05, 4.69) is 15.6 Å². The molecule has 2 rings (SSSR count). The van der Waals surface area contributed by atoms with E-state index in [0.29, 0.717) is 12.2 Å². The number of carbonyl (C=O) groups excluding carboxylic acids is 2. The van der Waals surface area contributed by atoms with E-state index in [4.69, 9.17) is 0 Å². The maximum Gasteiger partial charge on any atom is 0.313 e. The Morgan fingerprint density at radius 2 is 2.05 bits per heavy atom. The van der Waals surface area contributed by atoms with Gasteiger partial charge in [0, 0.05) is 31.2 Å². The van der Waals surface area contributed by atoms with Gasteiger partial charge in [-0.2, -0.15) is 0 Å². The van der Waals surface area contributed by atoms with Crippen LogP contribution in [-0.4, -0.2) is 27.9 Å². The Morgan fingerprint density at radius 3 is 2.73 bits per heavy atom. The first kappa shape index (κ1) is 15.8. The van der Waals surface area contributed by atoms with Crippen LogP contribution in [0.25, 0.3) is 0 Å². The van der Waals surface area contributed by atoms with Crippen LogP contribution in [0.5, 0.6) is 0 Å². The molecule has 0 spiro atoms. The number of benzene rings is 1. The summed E-state index contributed by atoms with van der Waals surface area (Å²) in [4.78, 5) is 27.5. The first-order chi connectivity index (χ1) is 10.6. The molecule has 1 aromatic carbocycles. The summed E-state index contributed by atoms with van der Waals surface area (Å²) in [7, 11) is 0. The van der Waals surface area contributed by atoms with Gasteiger partial charge in [0.15, 0.2) is 0 Å². The Hall–Kier alpha value is -2.63. The fraction of sp³-hybridized carbons (Fsp3) is 0.312. The predicted octanol–water partition coefficient (Wildman–Crippen LogP) is 1.64. The number of nitrogens with one attached hydrogen (secondary N) is 2. The van der Waals surface area contributed by atoms with Crippen molar-refractivity contribution in [2.45, 2.75) is 26.8 Å². The van der Waals surface area contributed by atoms with Crippen LogP contribution in [0.15, 0.2) is 36.9 Å². The van der Waals surface area contributed by atoms with Crippen LogP contribution in [0.2, 0.25) is 0 Å². The zero-order valence-electron chi connectivity index (χ0n) is 12.8. The molecule has 0 atom stereocenters. The quantitative estimate of drug-likeness (QED) is 0.651. The SMILES string of the molecule is Cc1ccc(NC(=O)C(=O)NCCCn2ccnc2)c(C)c1. The molecule has 0 aliphatic rings. The van der Waals surface area contributed by atoms with Gasteiger partial charge in [0.05, 0.1) is 6.33 Å². The van der Waals surface area contributed by atoms with Gasteiger partial charge >= 0.3 is 11.8 Å². The predicted molar refractivity (Wildman–Crippen MR) is 84.4 cm³/mol. The second kappa shape index (κ2) is 7.40. The molecule has 1 aromatic heterocycles. The van der Waals surface area contributed by atoms with Crippen LogP contribution in [0.4, 0.5) is 5.69 Å². The molecule has 22 heavy (non-hydrogen) atoms. The number of aromatic nitrogens is 2. The van der Waals surface area contributed by atoms with Gasteiger partial charge in [0.25, 0.3) is 0 Å².